The molecule has 0 saturated heterocycles. The third-order valence-corrected chi connectivity index (χ3v) is 4.13. The van der Waals surface area contributed by atoms with Gasteiger partial charge in [0.25, 0.3) is 0 Å². The summed E-state index contributed by atoms with van der Waals surface area (Å²) in [6, 6.07) is 15.4. The molecule has 0 amide bonds. The van der Waals surface area contributed by atoms with Crippen LogP contribution in [0.1, 0.15) is 23.3 Å². The molecular formula is C22H21NO3. The average Bonchev–Trinajstić information content (AvgIpc) is 2.65. The van der Waals surface area contributed by atoms with E-state index in [1.807, 2.05) is 61.5 Å². The Labute approximate surface area is 152 Å². The highest BCUT2D eigenvalue weighted by Gasteiger charge is 2.05. The average molecular weight is 347 g/mol. The van der Waals surface area contributed by atoms with Crippen molar-refractivity contribution in [3.05, 3.63) is 75.8 Å². The molecule has 1 heterocycles. The van der Waals surface area contributed by atoms with Gasteiger partial charge in [0.05, 0.1) is 5.39 Å². The van der Waals surface area contributed by atoms with E-state index in [2.05, 4.69) is 11.8 Å². The highest BCUT2D eigenvalue weighted by molar-refractivity contribution is 5.82. The molecule has 0 fully saturated rings. The summed E-state index contributed by atoms with van der Waals surface area (Å²) in [5.41, 5.74) is 2.44. The standard InChI is InChI=1S/C22H21NO3/c1-23(2)19-11-8-16(9-12-19)5-6-17-7-10-18-15-20(4-3-13-24)26-22(25)21(18)14-17/h7-12,14-15,24H,3-4,13H2,1-2H3. The van der Waals surface area contributed by atoms with Gasteiger partial charge in [0.1, 0.15) is 5.76 Å². The van der Waals surface area contributed by atoms with Crippen LogP contribution in [0.25, 0.3) is 10.8 Å². The van der Waals surface area contributed by atoms with Crippen molar-refractivity contribution in [2.24, 2.45) is 0 Å². The Kier molecular flexibility index (Phi) is 5.40. The van der Waals surface area contributed by atoms with Gasteiger partial charge in [-0.05, 0) is 54.3 Å². The molecule has 0 spiro atoms. The molecule has 0 unspecified atom stereocenters. The van der Waals surface area contributed by atoms with Gasteiger partial charge in [-0.2, -0.15) is 0 Å². The molecule has 4 nitrogen and oxygen atoms in total. The zero-order valence-corrected chi connectivity index (χ0v) is 15.0. The maximum Gasteiger partial charge on any atom is 0.343 e. The van der Waals surface area contributed by atoms with E-state index in [1.54, 1.807) is 6.07 Å². The van der Waals surface area contributed by atoms with Gasteiger partial charge in [0, 0.05) is 43.9 Å². The van der Waals surface area contributed by atoms with Crippen LogP contribution in [0.3, 0.4) is 0 Å². The van der Waals surface area contributed by atoms with Crippen molar-refractivity contribution < 1.29 is 9.52 Å². The van der Waals surface area contributed by atoms with Crippen LogP contribution in [0.2, 0.25) is 0 Å². The van der Waals surface area contributed by atoms with Gasteiger partial charge in [-0.15, -0.1) is 0 Å². The first-order valence-electron chi connectivity index (χ1n) is 8.54. The van der Waals surface area contributed by atoms with E-state index in [-0.39, 0.29) is 12.2 Å². The quantitative estimate of drug-likeness (QED) is 0.737. The molecule has 1 aromatic heterocycles. The van der Waals surface area contributed by atoms with Gasteiger partial charge < -0.3 is 14.4 Å². The van der Waals surface area contributed by atoms with Crippen LogP contribution in [-0.4, -0.2) is 25.8 Å². The number of nitrogens with zero attached hydrogens (tertiary/aromatic N) is 1. The van der Waals surface area contributed by atoms with E-state index in [0.29, 0.717) is 24.0 Å². The number of benzene rings is 2. The topological polar surface area (TPSA) is 53.7 Å². The van der Waals surface area contributed by atoms with Crippen LogP contribution in [0, 0.1) is 11.8 Å². The zero-order chi connectivity index (χ0) is 18.5. The van der Waals surface area contributed by atoms with Crippen molar-refractivity contribution in [1.82, 2.24) is 0 Å². The fourth-order valence-corrected chi connectivity index (χ4v) is 2.68. The molecule has 3 rings (SSSR count). The van der Waals surface area contributed by atoms with Gasteiger partial charge in [-0.1, -0.05) is 17.9 Å². The van der Waals surface area contributed by atoms with Crippen molar-refractivity contribution in [2.45, 2.75) is 12.8 Å². The number of rotatable bonds is 4. The maximum absolute atomic E-state index is 12.2. The summed E-state index contributed by atoms with van der Waals surface area (Å²) < 4.78 is 5.33. The second kappa shape index (κ2) is 7.90. The smallest absolute Gasteiger partial charge is 0.343 e. The summed E-state index contributed by atoms with van der Waals surface area (Å²) in [7, 11) is 3.99. The lowest BCUT2D eigenvalue weighted by Gasteiger charge is -2.11. The molecule has 26 heavy (non-hydrogen) atoms. The highest BCUT2D eigenvalue weighted by atomic mass is 16.4. The molecule has 0 aliphatic carbocycles. The summed E-state index contributed by atoms with van der Waals surface area (Å²) in [4.78, 5) is 14.2. The third kappa shape index (κ3) is 4.14. The first kappa shape index (κ1) is 17.8. The third-order valence-electron chi connectivity index (χ3n) is 4.13. The van der Waals surface area contributed by atoms with E-state index >= 15 is 0 Å². The van der Waals surface area contributed by atoms with E-state index in [9.17, 15) is 4.79 Å². The number of aliphatic hydroxyl groups is 1. The minimum atomic E-state index is -0.366. The number of fused-ring (bicyclic) bond motifs is 1. The SMILES string of the molecule is CN(C)c1ccc(C#Cc2ccc3cc(CCCO)oc(=O)c3c2)cc1. The van der Waals surface area contributed by atoms with Crippen LogP contribution in [-0.2, 0) is 6.42 Å². The van der Waals surface area contributed by atoms with Crippen molar-refractivity contribution in [3.8, 4) is 11.8 Å². The molecule has 0 aliphatic heterocycles. The maximum atomic E-state index is 12.2. The van der Waals surface area contributed by atoms with Crippen molar-refractivity contribution in [2.75, 3.05) is 25.6 Å². The van der Waals surface area contributed by atoms with E-state index in [1.165, 1.54) is 0 Å². The minimum absolute atomic E-state index is 0.0752. The molecule has 1 N–H and O–H groups in total. The number of aliphatic hydroxyl groups excluding tert-OH is 1. The Hall–Kier alpha value is -3.03. The summed E-state index contributed by atoms with van der Waals surface area (Å²) in [5.74, 6) is 6.82. The first-order valence-corrected chi connectivity index (χ1v) is 8.54. The Bertz CT molecular complexity index is 1020. The van der Waals surface area contributed by atoms with Gasteiger partial charge >= 0.3 is 5.63 Å². The Morgan fingerprint density at radius 2 is 1.69 bits per heavy atom. The Morgan fingerprint density at radius 1 is 1.00 bits per heavy atom. The number of hydrogen-bond donors (Lipinski definition) is 1. The molecular weight excluding hydrogens is 326 g/mol. The fraction of sp³-hybridized carbons (Fsp3) is 0.227. The largest absolute Gasteiger partial charge is 0.427 e. The fourth-order valence-electron chi connectivity index (χ4n) is 2.68. The minimum Gasteiger partial charge on any atom is -0.427 e. The number of aryl methyl sites for hydroxylation is 1. The summed E-state index contributed by atoms with van der Waals surface area (Å²) in [6.07, 6.45) is 1.12. The summed E-state index contributed by atoms with van der Waals surface area (Å²) >= 11 is 0. The Balaban J connectivity index is 1.88. The summed E-state index contributed by atoms with van der Waals surface area (Å²) in [6.45, 7) is 0.0752. The lowest BCUT2D eigenvalue weighted by Crippen LogP contribution is -2.07. The van der Waals surface area contributed by atoms with Gasteiger partial charge in [0.2, 0.25) is 0 Å². The molecule has 0 saturated carbocycles. The molecule has 132 valence electrons. The molecule has 0 bridgehead atoms. The predicted molar refractivity (Wildman–Crippen MR) is 105 cm³/mol. The second-order valence-corrected chi connectivity index (χ2v) is 6.32. The number of hydrogen-bond acceptors (Lipinski definition) is 4. The lowest BCUT2D eigenvalue weighted by molar-refractivity contribution is 0.283. The molecule has 0 radical (unpaired) electrons. The van der Waals surface area contributed by atoms with Crippen LogP contribution >= 0.6 is 0 Å². The second-order valence-electron chi connectivity index (χ2n) is 6.32. The van der Waals surface area contributed by atoms with Crippen LogP contribution in [0.4, 0.5) is 5.69 Å². The Morgan fingerprint density at radius 3 is 2.38 bits per heavy atom. The molecule has 3 aromatic rings. The zero-order valence-electron chi connectivity index (χ0n) is 15.0. The van der Waals surface area contributed by atoms with Crippen molar-refractivity contribution >= 4 is 16.5 Å². The molecule has 0 atom stereocenters. The van der Waals surface area contributed by atoms with Crippen LogP contribution in [0.5, 0.6) is 0 Å². The lowest BCUT2D eigenvalue weighted by atomic mass is 10.1. The van der Waals surface area contributed by atoms with E-state index < -0.39 is 0 Å². The first-order chi connectivity index (χ1) is 12.6. The van der Waals surface area contributed by atoms with Gasteiger partial charge in [-0.25, -0.2) is 4.79 Å². The number of anilines is 1. The van der Waals surface area contributed by atoms with Crippen molar-refractivity contribution in [1.29, 1.82) is 0 Å². The monoisotopic (exact) mass is 347 g/mol. The van der Waals surface area contributed by atoms with E-state index in [0.717, 1.165) is 22.2 Å². The molecule has 0 aliphatic rings. The highest BCUT2D eigenvalue weighted by Crippen LogP contribution is 2.16. The van der Waals surface area contributed by atoms with Crippen molar-refractivity contribution in [3.63, 3.8) is 0 Å². The molecule has 4 heteroatoms. The van der Waals surface area contributed by atoms with Crippen LogP contribution < -0.4 is 10.5 Å². The van der Waals surface area contributed by atoms with Gasteiger partial charge in [0.15, 0.2) is 0 Å². The predicted octanol–water partition coefficient (Wildman–Crippen LogP) is 3.18. The van der Waals surface area contributed by atoms with E-state index in [4.69, 9.17) is 9.52 Å². The van der Waals surface area contributed by atoms with Gasteiger partial charge in [-0.3, -0.25) is 0 Å². The normalized spacial score (nSPS) is 10.4. The summed E-state index contributed by atoms with van der Waals surface area (Å²) in [5, 5.41) is 10.3. The van der Waals surface area contributed by atoms with Crippen LogP contribution in [0.15, 0.2) is 57.7 Å². The molecule has 2 aromatic carbocycles.